The van der Waals surface area contributed by atoms with E-state index in [0.29, 0.717) is 27.4 Å². The molecule has 0 spiro atoms. The minimum atomic E-state index is -4.16. The number of fused-ring (bicyclic) bond motifs is 1. The Labute approximate surface area is 197 Å². The fraction of sp³-hybridized carbons (Fsp3) is 0.150. The monoisotopic (exact) mass is 507 g/mol. The van der Waals surface area contributed by atoms with Crippen molar-refractivity contribution in [2.75, 3.05) is 17.7 Å². The van der Waals surface area contributed by atoms with Gasteiger partial charge in [-0.3, -0.25) is 9.36 Å². The number of hydrogen-bond donors (Lipinski definition) is 4. The molecule has 13 heteroatoms. The summed E-state index contributed by atoms with van der Waals surface area (Å²) in [6.45, 7) is 0. The van der Waals surface area contributed by atoms with Crippen LogP contribution in [0.4, 0.5) is 20.6 Å². The number of nitrogens with zero attached hydrogens (tertiary/aromatic N) is 2. The first-order valence-electron chi connectivity index (χ1n) is 9.55. The van der Waals surface area contributed by atoms with Crippen molar-refractivity contribution in [3.05, 3.63) is 63.4 Å². The second kappa shape index (κ2) is 9.08. The van der Waals surface area contributed by atoms with E-state index >= 15 is 0 Å². The summed E-state index contributed by atoms with van der Waals surface area (Å²) in [5.74, 6) is 0.287. The maximum Gasteiger partial charge on any atom is 0.333 e. The molecule has 0 saturated heterocycles. The van der Waals surface area contributed by atoms with Gasteiger partial charge in [0.2, 0.25) is 0 Å². The van der Waals surface area contributed by atoms with Crippen molar-refractivity contribution >= 4 is 62.6 Å². The normalized spacial score (nSPS) is 15.8. The van der Waals surface area contributed by atoms with Crippen molar-refractivity contribution in [1.29, 1.82) is 0 Å². The molecule has 9 nitrogen and oxygen atoms in total. The molecule has 1 aromatic carbocycles. The predicted molar refractivity (Wildman–Crippen MR) is 130 cm³/mol. The van der Waals surface area contributed by atoms with Crippen molar-refractivity contribution in [2.45, 2.75) is 16.8 Å². The zero-order chi connectivity index (χ0) is 23.8. The van der Waals surface area contributed by atoms with Crippen LogP contribution >= 0.6 is 24.4 Å². The van der Waals surface area contributed by atoms with Crippen LogP contribution in [-0.2, 0) is 10.0 Å². The number of thioether (sulfide) groups is 1. The maximum absolute atomic E-state index is 13.2. The lowest BCUT2D eigenvalue weighted by molar-refractivity contribution is 0.256. The number of pyridine rings is 2. The van der Waals surface area contributed by atoms with Crippen LogP contribution in [0.5, 0.6) is 0 Å². The average Bonchev–Trinajstić information content (AvgIpc) is 3.23. The Morgan fingerprint density at radius 3 is 2.64 bits per heavy atom. The number of carbonyl (C=O) groups excluding carboxylic acids is 1. The molecule has 4 rings (SSSR count). The van der Waals surface area contributed by atoms with Crippen LogP contribution in [0.1, 0.15) is 6.42 Å². The lowest BCUT2D eigenvalue weighted by Crippen LogP contribution is -2.34. The van der Waals surface area contributed by atoms with Crippen LogP contribution in [0.3, 0.4) is 0 Å². The van der Waals surface area contributed by atoms with E-state index in [4.69, 9.17) is 0 Å². The maximum atomic E-state index is 13.2. The summed E-state index contributed by atoms with van der Waals surface area (Å²) in [5, 5.41) is 6.52. The summed E-state index contributed by atoms with van der Waals surface area (Å²) < 4.78 is 40.4. The van der Waals surface area contributed by atoms with Gasteiger partial charge < -0.3 is 10.6 Å². The van der Waals surface area contributed by atoms with Gasteiger partial charge >= 0.3 is 6.03 Å². The van der Waals surface area contributed by atoms with Gasteiger partial charge in [0, 0.05) is 41.0 Å². The highest BCUT2D eigenvalue weighted by atomic mass is 32.3. The molecule has 0 bridgehead atoms. The van der Waals surface area contributed by atoms with Crippen LogP contribution in [0.15, 0.2) is 62.7 Å². The number of amides is 2. The Balaban J connectivity index is 1.53. The van der Waals surface area contributed by atoms with Crippen molar-refractivity contribution in [1.82, 2.24) is 14.3 Å². The number of sulfonamides is 1. The van der Waals surface area contributed by atoms with E-state index in [1.54, 1.807) is 25.4 Å². The standard InChI is InChI=1S/C20H18FN5O4S3/c1-22-11-2-4-13-14(8-11)15(31)10-26(19(13)27)17-6-3-12(9-23-17)24-20(28)25-33(29,30)18-7-5-16(21)32-18/h2-4,6-10,16,22,31H,5H2,1H3,(H2,24,25,28). The van der Waals surface area contributed by atoms with E-state index in [1.807, 2.05) is 10.8 Å². The van der Waals surface area contributed by atoms with Gasteiger partial charge in [-0.25, -0.2) is 27.3 Å². The van der Waals surface area contributed by atoms with E-state index in [2.05, 4.69) is 28.2 Å². The van der Waals surface area contributed by atoms with Gasteiger partial charge in [-0.05, 0) is 30.3 Å². The third kappa shape index (κ3) is 4.84. The molecule has 172 valence electrons. The highest BCUT2D eigenvalue weighted by Crippen LogP contribution is 2.35. The van der Waals surface area contributed by atoms with E-state index in [0.717, 1.165) is 5.69 Å². The molecule has 1 atom stereocenters. The molecule has 0 aliphatic carbocycles. The van der Waals surface area contributed by atoms with Crippen LogP contribution in [0.2, 0.25) is 0 Å². The topological polar surface area (TPSA) is 122 Å². The highest BCUT2D eigenvalue weighted by Gasteiger charge is 2.28. The molecule has 0 fully saturated rings. The fourth-order valence-corrected chi connectivity index (χ4v) is 5.76. The molecule has 3 heterocycles. The van der Waals surface area contributed by atoms with Gasteiger partial charge in [-0.1, -0.05) is 17.8 Å². The van der Waals surface area contributed by atoms with Crippen molar-refractivity contribution in [2.24, 2.45) is 0 Å². The number of alkyl halides is 1. The molecule has 3 N–H and O–H groups in total. The number of nitrogens with one attached hydrogen (secondary N) is 3. The number of anilines is 2. The number of halogens is 1. The van der Waals surface area contributed by atoms with Crippen molar-refractivity contribution in [3.8, 4) is 5.82 Å². The number of carbonyl (C=O) groups is 1. The van der Waals surface area contributed by atoms with Crippen molar-refractivity contribution < 1.29 is 17.6 Å². The van der Waals surface area contributed by atoms with Crippen LogP contribution < -0.4 is 20.9 Å². The van der Waals surface area contributed by atoms with E-state index < -0.39 is 21.6 Å². The molecule has 33 heavy (non-hydrogen) atoms. The Kier molecular flexibility index (Phi) is 6.36. The zero-order valence-corrected chi connectivity index (χ0v) is 19.6. The number of allylic oxidation sites excluding steroid dienone is 1. The van der Waals surface area contributed by atoms with Gasteiger partial charge in [0.05, 0.1) is 11.9 Å². The summed E-state index contributed by atoms with van der Waals surface area (Å²) in [7, 11) is -2.38. The highest BCUT2D eigenvalue weighted by molar-refractivity contribution is 8.18. The molecule has 0 radical (unpaired) electrons. The van der Waals surface area contributed by atoms with E-state index in [1.165, 1.54) is 29.0 Å². The summed E-state index contributed by atoms with van der Waals surface area (Å²) in [4.78, 5) is 29.8. The summed E-state index contributed by atoms with van der Waals surface area (Å²) >= 11 is 5.02. The Morgan fingerprint density at radius 2 is 2.00 bits per heavy atom. The number of thiol groups is 1. The number of rotatable bonds is 5. The minimum absolute atomic E-state index is 0.0350. The Bertz CT molecular complexity index is 1440. The van der Waals surface area contributed by atoms with E-state index in [9.17, 15) is 22.4 Å². The molecule has 1 aliphatic rings. The summed E-state index contributed by atoms with van der Waals surface area (Å²) in [6, 6.07) is 7.25. The van der Waals surface area contributed by atoms with Gasteiger partial charge in [0.1, 0.15) is 10.1 Å². The predicted octanol–water partition coefficient (Wildman–Crippen LogP) is 3.44. The minimum Gasteiger partial charge on any atom is -0.388 e. The summed E-state index contributed by atoms with van der Waals surface area (Å²) in [5.41, 5.74) is -0.605. The zero-order valence-electron chi connectivity index (χ0n) is 17.1. The fourth-order valence-electron chi connectivity index (χ4n) is 3.16. The smallest absolute Gasteiger partial charge is 0.333 e. The van der Waals surface area contributed by atoms with Crippen LogP contribution in [0.25, 0.3) is 16.6 Å². The van der Waals surface area contributed by atoms with Gasteiger partial charge in [-0.2, -0.15) is 0 Å². The Morgan fingerprint density at radius 1 is 1.24 bits per heavy atom. The first kappa shape index (κ1) is 23.1. The number of urea groups is 1. The van der Waals surface area contributed by atoms with Crippen LogP contribution in [0, 0.1) is 0 Å². The molecular formula is C20H18FN5O4S3. The van der Waals surface area contributed by atoms with Gasteiger partial charge in [0.25, 0.3) is 15.6 Å². The third-order valence-corrected chi connectivity index (χ3v) is 8.04. The molecule has 1 unspecified atom stereocenters. The van der Waals surface area contributed by atoms with E-state index in [-0.39, 0.29) is 27.7 Å². The first-order chi connectivity index (χ1) is 15.7. The largest absolute Gasteiger partial charge is 0.388 e. The number of hydrogen-bond acceptors (Lipinski definition) is 8. The second-order valence-electron chi connectivity index (χ2n) is 6.95. The van der Waals surface area contributed by atoms with Gasteiger partial charge in [-0.15, -0.1) is 12.6 Å². The van der Waals surface area contributed by atoms with Crippen molar-refractivity contribution in [3.63, 3.8) is 0 Å². The molecular weight excluding hydrogens is 489 g/mol. The molecule has 1 aliphatic heterocycles. The average molecular weight is 508 g/mol. The number of aromatic nitrogens is 2. The molecule has 3 aromatic rings. The molecule has 0 saturated carbocycles. The first-order valence-corrected chi connectivity index (χ1v) is 12.4. The number of benzene rings is 1. The lowest BCUT2D eigenvalue weighted by atomic mass is 10.1. The second-order valence-corrected chi connectivity index (χ2v) is 10.5. The quantitative estimate of drug-likeness (QED) is 0.390. The summed E-state index contributed by atoms with van der Waals surface area (Å²) in [6.07, 6.45) is 4.01. The lowest BCUT2D eigenvalue weighted by Gasteiger charge is -2.11. The SMILES string of the molecule is CNc1ccc2c(=O)n(-c3ccc(NC(=O)NS(=O)(=O)C4=CCC(F)S4)cn3)cc(S)c2c1. The molecule has 2 amide bonds. The van der Waals surface area contributed by atoms with Gasteiger partial charge in [0.15, 0.2) is 5.50 Å². The Hall–Kier alpha value is -3.03. The van der Waals surface area contributed by atoms with Crippen LogP contribution in [-0.4, -0.2) is 36.6 Å². The molecule has 2 aromatic heterocycles. The third-order valence-electron chi connectivity index (χ3n) is 4.74.